The molecular weight excluding hydrogens is 274 g/mol. The molecule has 2 N–H and O–H groups in total. The number of likely N-dealkylation sites (N-methyl/N-ethyl adjacent to an activating group) is 1. The second kappa shape index (κ2) is 9.26. The van der Waals surface area contributed by atoms with E-state index in [1.165, 1.54) is 24.8 Å². The molecule has 0 bridgehead atoms. The Hall–Kier alpha value is -0.940. The molecule has 124 valence electrons. The molecule has 1 aliphatic rings. The van der Waals surface area contributed by atoms with Gasteiger partial charge in [-0.05, 0) is 32.0 Å². The highest BCUT2D eigenvalue weighted by Gasteiger charge is 2.24. The van der Waals surface area contributed by atoms with Gasteiger partial charge in [0.05, 0.1) is 6.61 Å². The molecule has 0 radical (unpaired) electrons. The van der Waals surface area contributed by atoms with Crippen LogP contribution in [0.3, 0.4) is 0 Å². The van der Waals surface area contributed by atoms with Gasteiger partial charge < -0.3 is 15.4 Å². The fourth-order valence-corrected chi connectivity index (χ4v) is 3.40. The van der Waals surface area contributed by atoms with Crippen molar-refractivity contribution in [1.29, 1.82) is 0 Å². The quantitative estimate of drug-likeness (QED) is 0.797. The summed E-state index contributed by atoms with van der Waals surface area (Å²) in [5, 5.41) is 0. The summed E-state index contributed by atoms with van der Waals surface area (Å²) in [4.78, 5) is 4.84. The van der Waals surface area contributed by atoms with Gasteiger partial charge in [-0.3, -0.25) is 4.90 Å². The van der Waals surface area contributed by atoms with E-state index < -0.39 is 0 Å². The van der Waals surface area contributed by atoms with Crippen LogP contribution in [0.2, 0.25) is 0 Å². The van der Waals surface area contributed by atoms with Crippen molar-refractivity contribution in [3.63, 3.8) is 0 Å². The number of piperidine rings is 1. The Balaban J connectivity index is 1.77. The molecule has 2 rings (SSSR count). The predicted molar refractivity (Wildman–Crippen MR) is 91.8 cm³/mol. The molecule has 4 heteroatoms. The first kappa shape index (κ1) is 17.4. The van der Waals surface area contributed by atoms with Crippen molar-refractivity contribution in [2.45, 2.75) is 37.9 Å². The molecule has 1 saturated heterocycles. The highest BCUT2D eigenvalue weighted by atomic mass is 16.5. The minimum atomic E-state index is 0.186. The van der Waals surface area contributed by atoms with Gasteiger partial charge in [0.1, 0.15) is 0 Å². The van der Waals surface area contributed by atoms with Gasteiger partial charge in [0.25, 0.3) is 0 Å². The van der Waals surface area contributed by atoms with Crippen LogP contribution in [0.4, 0.5) is 0 Å². The summed E-state index contributed by atoms with van der Waals surface area (Å²) >= 11 is 0. The van der Waals surface area contributed by atoms with E-state index in [9.17, 15) is 0 Å². The zero-order valence-corrected chi connectivity index (χ0v) is 14.1. The van der Waals surface area contributed by atoms with E-state index in [1.807, 2.05) is 0 Å². The lowest BCUT2D eigenvalue weighted by atomic mass is 10.0. The third-order valence-electron chi connectivity index (χ3n) is 4.42. The van der Waals surface area contributed by atoms with Gasteiger partial charge in [-0.2, -0.15) is 0 Å². The predicted octanol–water partition coefficient (Wildman–Crippen LogP) is 1.95. The second-order valence-corrected chi connectivity index (χ2v) is 6.54. The first-order chi connectivity index (χ1) is 10.7. The number of benzene rings is 1. The van der Waals surface area contributed by atoms with E-state index in [1.54, 1.807) is 7.11 Å². The maximum Gasteiger partial charge on any atom is 0.0618 e. The summed E-state index contributed by atoms with van der Waals surface area (Å²) in [6, 6.07) is 11.3. The van der Waals surface area contributed by atoms with Crippen molar-refractivity contribution in [3.8, 4) is 0 Å². The topological polar surface area (TPSA) is 41.7 Å². The molecule has 1 aliphatic heterocycles. The summed E-state index contributed by atoms with van der Waals surface area (Å²) < 4.78 is 5.36. The van der Waals surface area contributed by atoms with Crippen LogP contribution in [0, 0.1) is 0 Å². The number of nitrogens with two attached hydrogens (primary N) is 1. The molecule has 1 aromatic rings. The Bertz CT molecular complexity index is 410. The lowest BCUT2D eigenvalue weighted by Gasteiger charge is -2.37. The van der Waals surface area contributed by atoms with Crippen molar-refractivity contribution in [1.82, 2.24) is 9.80 Å². The van der Waals surface area contributed by atoms with Crippen molar-refractivity contribution < 1.29 is 4.74 Å². The Kier molecular flexibility index (Phi) is 7.33. The van der Waals surface area contributed by atoms with Crippen LogP contribution in [-0.2, 0) is 11.3 Å². The molecule has 0 saturated carbocycles. The van der Waals surface area contributed by atoms with Gasteiger partial charge >= 0.3 is 0 Å². The summed E-state index contributed by atoms with van der Waals surface area (Å²) in [5.74, 6) is 0. The van der Waals surface area contributed by atoms with Gasteiger partial charge in [-0.15, -0.1) is 0 Å². The molecule has 0 aliphatic carbocycles. The van der Waals surface area contributed by atoms with E-state index in [4.69, 9.17) is 10.5 Å². The van der Waals surface area contributed by atoms with Crippen LogP contribution in [0.25, 0.3) is 0 Å². The molecular formula is C18H31N3O. The van der Waals surface area contributed by atoms with Gasteiger partial charge in [-0.1, -0.05) is 36.8 Å². The van der Waals surface area contributed by atoms with Crippen LogP contribution in [0.5, 0.6) is 0 Å². The Morgan fingerprint density at radius 2 is 2.09 bits per heavy atom. The van der Waals surface area contributed by atoms with E-state index in [0.717, 1.165) is 32.8 Å². The summed E-state index contributed by atoms with van der Waals surface area (Å²) in [6.07, 6.45) is 3.83. The number of likely N-dealkylation sites (tertiary alicyclic amines) is 1. The van der Waals surface area contributed by atoms with Gasteiger partial charge in [0, 0.05) is 38.8 Å². The number of hydrogen-bond acceptors (Lipinski definition) is 4. The van der Waals surface area contributed by atoms with E-state index in [2.05, 4.69) is 47.2 Å². The SMILES string of the molecule is COCC1CCCCN1CC(N)CN(C)Cc1ccccc1. The zero-order valence-electron chi connectivity index (χ0n) is 14.1. The van der Waals surface area contributed by atoms with Gasteiger partial charge in [-0.25, -0.2) is 0 Å². The third kappa shape index (κ3) is 5.69. The van der Waals surface area contributed by atoms with E-state index in [-0.39, 0.29) is 6.04 Å². The van der Waals surface area contributed by atoms with Crippen molar-refractivity contribution in [3.05, 3.63) is 35.9 Å². The Morgan fingerprint density at radius 1 is 1.32 bits per heavy atom. The number of hydrogen-bond donors (Lipinski definition) is 1. The molecule has 2 atom stereocenters. The number of nitrogens with zero attached hydrogens (tertiary/aromatic N) is 2. The number of ether oxygens (including phenoxy) is 1. The maximum atomic E-state index is 6.39. The largest absolute Gasteiger partial charge is 0.383 e. The first-order valence-corrected chi connectivity index (χ1v) is 8.40. The van der Waals surface area contributed by atoms with Crippen LogP contribution < -0.4 is 5.73 Å². The average Bonchev–Trinajstić information content (AvgIpc) is 2.50. The molecule has 0 spiro atoms. The highest BCUT2D eigenvalue weighted by Crippen LogP contribution is 2.17. The van der Waals surface area contributed by atoms with Crippen molar-refractivity contribution in [2.24, 2.45) is 5.73 Å². The molecule has 0 amide bonds. The smallest absolute Gasteiger partial charge is 0.0618 e. The molecule has 22 heavy (non-hydrogen) atoms. The van der Waals surface area contributed by atoms with Crippen molar-refractivity contribution in [2.75, 3.05) is 40.4 Å². The first-order valence-electron chi connectivity index (χ1n) is 8.40. The minimum absolute atomic E-state index is 0.186. The maximum absolute atomic E-state index is 6.39. The van der Waals surface area contributed by atoms with Gasteiger partial charge in [0.2, 0.25) is 0 Å². The average molecular weight is 305 g/mol. The monoisotopic (exact) mass is 305 g/mol. The lowest BCUT2D eigenvalue weighted by molar-refractivity contribution is 0.0586. The molecule has 1 fully saturated rings. The molecule has 2 unspecified atom stereocenters. The lowest BCUT2D eigenvalue weighted by Crippen LogP contribution is -2.50. The molecule has 1 aromatic carbocycles. The highest BCUT2D eigenvalue weighted by molar-refractivity contribution is 5.14. The van der Waals surface area contributed by atoms with Crippen LogP contribution in [0.1, 0.15) is 24.8 Å². The zero-order chi connectivity index (χ0) is 15.8. The van der Waals surface area contributed by atoms with E-state index in [0.29, 0.717) is 6.04 Å². The fourth-order valence-electron chi connectivity index (χ4n) is 3.40. The second-order valence-electron chi connectivity index (χ2n) is 6.54. The summed E-state index contributed by atoms with van der Waals surface area (Å²) in [5.41, 5.74) is 7.73. The van der Waals surface area contributed by atoms with Crippen LogP contribution >= 0.6 is 0 Å². The normalized spacial score (nSPS) is 21.2. The molecule has 0 aromatic heterocycles. The molecule has 4 nitrogen and oxygen atoms in total. The minimum Gasteiger partial charge on any atom is -0.383 e. The Labute approximate surface area is 135 Å². The fraction of sp³-hybridized carbons (Fsp3) is 0.667. The van der Waals surface area contributed by atoms with E-state index >= 15 is 0 Å². The third-order valence-corrected chi connectivity index (χ3v) is 4.42. The van der Waals surface area contributed by atoms with Crippen molar-refractivity contribution >= 4 is 0 Å². The van der Waals surface area contributed by atoms with Crippen LogP contribution in [-0.4, -0.2) is 62.3 Å². The number of methoxy groups -OCH3 is 1. The number of rotatable bonds is 8. The van der Waals surface area contributed by atoms with Gasteiger partial charge in [0.15, 0.2) is 0 Å². The summed E-state index contributed by atoms with van der Waals surface area (Å²) in [7, 11) is 3.94. The molecule has 1 heterocycles. The Morgan fingerprint density at radius 3 is 2.82 bits per heavy atom. The standard InChI is InChI=1S/C18H31N3O/c1-20(12-16-8-4-3-5-9-16)13-17(19)14-21-11-7-6-10-18(21)15-22-2/h3-5,8-9,17-18H,6-7,10-15,19H2,1-2H3. The van der Waals surface area contributed by atoms with Crippen LogP contribution in [0.15, 0.2) is 30.3 Å². The summed E-state index contributed by atoms with van der Waals surface area (Å²) in [6.45, 7) is 4.82.